The smallest absolute Gasteiger partial charge is 0.0785 e. The standard InChI is InChI=1S/C13H24.CH3F/c1-11-7-9-13(10-8-11)12-5-3-2-4-6-12;1-2/h11-13H,2-10H2,1H3;1H3. The maximum absolute atomic E-state index is 9.50. The first kappa shape index (κ1) is 13.0. The third kappa shape index (κ3) is 4.12. The molecule has 15 heavy (non-hydrogen) atoms. The summed E-state index contributed by atoms with van der Waals surface area (Å²) in [5, 5.41) is 0. The number of hydrogen-bond acceptors (Lipinski definition) is 0. The molecule has 0 atom stereocenters. The van der Waals surface area contributed by atoms with Gasteiger partial charge in [-0.25, -0.2) is 0 Å². The summed E-state index contributed by atoms with van der Waals surface area (Å²) in [6.07, 6.45) is 13.8. The van der Waals surface area contributed by atoms with Crippen molar-refractivity contribution >= 4 is 0 Å². The predicted molar refractivity (Wildman–Crippen MR) is 64.7 cm³/mol. The third-order valence-corrected chi connectivity index (χ3v) is 4.38. The van der Waals surface area contributed by atoms with E-state index in [1.807, 2.05) is 0 Å². The number of hydrogen-bond donors (Lipinski definition) is 0. The monoisotopic (exact) mass is 214 g/mol. The van der Waals surface area contributed by atoms with Gasteiger partial charge in [-0.15, -0.1) is 0 Å². The van der Waals surface area contributed by atoms with Gasteiger partial charge in [0, 0.05) is 0 Å². The minimum absolute atomic E-state index is 0.500. The first-order chi connectivity index (χ1) is 7.36. The van der Waals surface area contributed by atoms with Crippen molar-refractivity contribution in [3.63, 3.8) is 0 Å². The summed E-state index contributed by atoms with van der Waals surface area (Å²) in [7, 11) is 0.500. The van der Waals surface area contributed by atoms with Crippen molar-refractivity contribution in [2.75, 3.05) is 7.18 Å². The van der Waals surface area contributed by atoms with E-state index in [2.05, 4.69) is 6.92 Å². The zero-order chi connectivity index (χ0) is 11.1. The quantitative estimate of drug-likeness (QED) is 0.577. The highest BCUT2D eigenvalue weighted by atomic mass is 19.1. The first-order valence-electron chi connectivity index (χ1n) is 6.74. The number of halogens is 1. The van der Waals surface area contributed by atoms with Gasteiger partial charge < -0.3 is 0 Å². The minimum atomic E-state index is 0.500. The van der Waals surface area contributed by atoms with E-state index < -0.39 is 0 Å². The molecule has 0 aliphatic heterocycles. The number of rotatable bonds is 1. The molecule has 0 bridgehead atoms. The van der Waals surface area contributed by atoms with E-state index in [-0.39, 0.29) is 0 Å². The molecule has 90 valence electrons. The van der Waals surface area contributed by atoms with Crippen LogP contribution in [-0.2, 0) is 0 Å². The number of alkyl halides is 1. The molecule has 0 nitrogen and oxygen atoms in total. The van der Waals surface area contributed by atoms with Crippen molar-refractivity contribution < 1.29 is 4.39 Å². The molecular formula is C14H27F. The fourth-order valence-electron chi connectivity index (χ4n) is 3.36. The van der Waals surface area contributed by atoms with Crippen LogP contribution in [0.2, 0.25) is 0 Å². The fourth-order valence-corrected chi connectivity index (χ4v) is 3.36. The molecule has 1 heteroatoms. The van der Waals surface area contributed by atoms with Crippen molar-refractivity contribution in [2.24, 2.45) is 17.8 Å². The van der Waals surface area contributed by atoms with Gasteiger partial charge in [-0.2, -0.15) is 0 Å². The zero-order valence-electron chi connectivity index (χ0n) is 10.5. The summed E-state index contributed by atoms with van der Waals surface area (Å²) in [6.45, 7) is 2.43. The normalized spacial score (nSPS) is 33.0. The molecule has 2 rings (SSSR count). The Balaban J connectivity index is 0.000000531. The second-order valence-corrected chi connectivity index (χ2v) is 5.42. The Hall–Kier alpha value is -0.0700. The van der Waals surface area contributed by atoms with Crippen LogP contribution in [0.1, 0.15) is 64.7 Å². The van der Waals surface area contributed by atoms with Gasteiger partial charge >= 0.3 is 0 Å². The molecule has 0 heterocycles. The summed E-state index contributed by atoms with van der Waals surface area (Å²) in [5.41, 5.74) is 0. The van der Waals surface area contributed by atoms with Crippen LogP contribution in [-0.4, -0.2) is 7.18 Å². The van der Waals surface area contributed by atoms with Crippen LogP contribution in [0.3, 0.4) is 0 Å². The molecule has 0 unspecified atom stereocenters. The van der Waals surface area contributed by atoms with E-state index in [0.29, 0.717) is 7.18 Å². The van der Waals surface area contributed by atoms with Crippen LogP contribution in [0.4, 0.5) is 4.39 Å². The molecule has 0 amide bonds. The lowest BCUT2D eigenvalue weighted by Crippen LogP contribution is -2.22. The maximum atomic E-state index is 9.50. The highest BCUT2D eigenvalue weighted by Crippen LogP contribution is 2.39. The van der Waals surface area contributed by atoms with E-state index in [9.17, 15) is 4.39 Å². The lowest BCUT2D eigenvalue weighted by atomic mass is 9.71. The van der Waals surface area contributed by atoms with Crippen molar-refractivity contribution in [1.82, 2.24) is 0 Å². The van der Waals surface area contributed by atoms with E-state index in [4.69, 9.17) is 0 Å². The van der Waals surface area contributed by atoms with Crippen LogP contribution in [0.15, 0.2) is 0 Å². The van der Waals surface area contributed by atoms with Gasteiger partial charge in [0.1, 0.15) is 0 Å². The van der Waals surface area contributed by atoms with Gasteiger partial charge in [0.15, 0.2) is 0 Å². The molecule has 0 radical (unpaired) electrons. The van der Waals surface area contributed by atoms with Crippen LogP contribution < -0.4 is 0 Å². The van der Waals surface area contributed by atoms with Crippen LogP contribution in [0, 0.1) is 17.8 Å². The van der Waals surface area contributed by atoms with Gasteiger partial charge in [0.25, 0.3) is 0 Å². The van der Waals surface area contributed by atoms with Gasteiger partial charge in [-0.1, -0.05) is 51.9 Å². The Morgan fingerprint density at radius 2 is 1.13 bits per heavy atom. The summed E-state index contributed by atoms with van der Waals surface area (Å²) >= 11 is 0. The summed E-state index contributed by atoms with van der Waals surface area (Å²) in [4.78, 5) is 0. The molecule has 0 spiro atoms. The van der Waals surface area contributed by atoms with Crippen LogP contribution in [0.5, 0.6) is 0 Å². The summed E-state index contributed by atoms with van der Waals surface area (Å²) in [5.74, 6) is 3.28. The van der Waals surface area contributed by atoms with Gasteiger partial charge in [0.2, 0.25) is 0 Å². The summed E-state index contributed by atoms with van der Waals surface area (Å²) in [6, 6.07) is 0. The van der Waals surface area contributed by atoms with Crippen molar-refractivity contribution in [2.45, 2.75) is 64.7 Å². The summed E-state index contributed by atoms with van der Waals surface area (Å²) < 4.78 is 9.50. The SMILES string of the molecule is CC1CCC(C2CCCCC2)CC1.CF. The molecule has 2 aliphatic rings. The average molecular weight is 214 g/mol. The molecule has 2 aliphatic carbocycles. The molecule has 0 N–H and O–H groups in total. The fraction of sp³-hybridized carbons (Fsp3) is 1.00. The molecule has 0 aromatic heterocycles. The topological polar surface area (TPSA) is 0 Å². The second kappa shape index (κ2) is 7.24. The molecule has 2 fully saturated rings. The Bertz CT molecular complexity index is 141. The van der Waals surface area contributed by atoms with E-state index >= 15 is 0 Å². The Morgan fingerprint density at radius 3 is 1.67 bits per heavy atom. The van der Waals surface area contributed by atoms with Gasteiger partial charge in [-0.3, -0.25) is 4.39 Å². The average Bonchev–Trinajstić information content (AvgIpc) is 2.34. The largest absolute Gasteiger partial charge is 0.255 e. The van der Waals surface area contributed by atoms with Gasteiger partial charge in [-0.05, 0) is 30.6 Å². The lowest BCUT2D eigenvalue weighted by molar-refractivity contribution is 0.173. The van der Waals surface area contributed by atoms with Crippen molar-refractivity contribution in [3.05, 3.63) is 0 Å². The van der Waals surface area contributed by atoms with Crippen molar-refractivity contribution in [3.8, 4) is 0 Å². The minimum Gasteiger partial charge on any atom is -0.255 e. The van der Waals surface area contributed by atoms with Crippen LogP contribution >= 0.6 is 0 Å². The van der Waals surface area contributed by atoms with Crippen LogP contribution in [0.25, 0.3) is 0 Å². The Labute approximate surface area is 94.6 Å². The lowest BCUT2D eigenvalue weighted by Gasteiger charge is -2.34. The van der Waals surface area contributed by atoms with Gasteiger partial charge in [0.05, 0.1) is 7.18 Å². The Kier molecular flexibility index (Phi) is 6.28. The third-order valence-electron chi connectivity index (χ3n) is 4.38. The van der Waals surface area contributed by atoms with E-state index in [1.54, 1.807) is 25.7 Å². The highest BCUT2D eigenvalue weighted by Gasteiger charge is 2.26. The predicted octanol–water partition coefficient (Wildman–Crippen LogP) is 4.98. The second-order valence-electron chi connectivity index (χ2n) is 5.42. The first-order valence-corrected chi connectivity index (χ1v) is 6.74. The van der Waals surface area contributed by atoms with E-state index in [1.165, 1.54) is 32.1 Å². The molecule has 0 aromatic carbocycles. The highest BCUT2D eigenvalue weighted by molar-refractivity contribution is 4.78. The van der Waals surface area contributed by atoms with E-state index in [0.717, 1.165) is 17.8 Å². The molecule has 0 saturated heterocycles. The maximum Gasteiger partial charge on any atom is 0.0785 e. The van der Waals surface area contributed by atoms with Crippen molar-refractivity contribution in [1.29, 1.82) is 0 Å². The molecule has 2 saturated carbocycles. The molecular weight excluding hydrogens is 187 g/mol. The Morgan fingerprint density at radius 1 is 0.667 bits per heavy atom. The molecule has 0 aromatic rings. The zero-order valence-corrected chi connectivity index (χ0v) is 10.5.